The molecule has 0 saturated carbocycles. The highest BCUT2D eigenvalue weighted by Gasteiger charge is 2.44. The zero-order valence-corrected chi connectivity index (χ0v) is 10.5. The molecule has 0 bridgehead atoms. The van der Waals surface area contributed by atoms with Gasteiger partial charge in [-0.15, -0.1) is 0 Å². The molecule has 0 spiro atoms. The topological polar surface area (TPSA) is 30.2 Å². The van der Waals surface area contributed by atoms with Crippen LogP contribution in [0.5, 0.6) is 0 Å². The quantitative estimate of drug-likeness (QED) is 0.809. The summed E-state index contributed by atoms with van der Waals surface area (Å²) in [4.78, 5) is 3.87. The van der Waals surface area contributed by atoms with Crippen molar-refractivity contribution in [3.63, 3.8) is 0 Å². The van der Waals surface area contributed by atoms with Crippen molar-refractivity contribution in [1.82, 2.24) is 9.78 Å². The van der Waals surface area contributed by atoms with Crippen molar-refractivity contribution < 1.29 is 13.2 Å². The lowest BCUT2D eigenvalue weighted by Crippen LogP contribution is -2.36. The van der Waals surface area contributed by atoms with E-state index in [0.717, 1.165) is 0 Å². The van der Waals surface area contributed by atoms with Gasteiger partial charge in [0.1, 0.15) is 11.8 Å². The molecule has 0 aromatic carbocycles. The van der Waals surface area contributed by atoms with Crippen molar-refractivity contribution >= 4 is 11.9 Å². The fraction of sp³-hybridized carbons (Fsp3) is 0.385. The number of hydrogen-bond donors (Lipinski definition) is 0. The van der Waals surface area contributed by atoms with Gasteiger partial charge in [0.15, 0.2) is 0 Å². The van der Waals surface area contributed by atoms with E-state index in [9.17, 15) is 13.2 Å². The van der Waals surface area contributed by atoms with Crippen LogP contribution in [0.4, 0.5) is 13.2 Å². The Morgan fingerprint density at radius 1 is 1.53 bits per heavy atom. The fourth-order valence-corrected chi connectivity index (χ4v) is 1.95. The van der Waals surface area contributed by atoms with Crippen LogP contribution in [0.1, 0.15) is 24.7 Å². The van der Waals surface area contributed by atoms with Gasteiger partial charge in [-0.2, -0.15) is 18.3 Å². The van der Waals surface area contributed by atoms with Crippen LogP contribution in [0.2, 0.25) is 0 Å². The van der Waals surface area contributed by atoms with E-state index in [2.05, 4.69) is 16.7 Å². The molecule has 0 N–H and O–H groups in total. The molecule has 2 rings (SSSR count). The van der Waals surface area contributed by atoms with E-state index >= 15 is 0 Å². The number of nitrogens with zero attached hydrogens (tertiary/aromatic N) is 3. The average Bonchev–Trinajstić information content (AvgIpc) is 2.81. The number of allylic oxidation sites excluding steroid dienone is 1. The van der Waals surface area contributed by atoms with Crippen LogP contribution in [0.3, 0.4) is 0 Å². The Labute approximate surface area is 109 Å². The van der Waals surface area contributed by atoms with Gasteiger partial charge in [-0.25, -0.2) is 9.67 Å². The van der Waals surface area contributed by atoms with E-state index < -0.39 is 12.1 Å². The summed E-state index contributed by atoms with van der Waals surface area (Å²) in [6, 6.07) is 1.72. The van der Waals surface area contributed by atoms with Crippen molar-refractivity contribution in [1.29, 1.82) is 0 Å². The Kier molecular flexibility index (Phi) is 3.59. The van der Waals surface area contributed by atoms with Crippen LogP contribution in [-0.4, -0.2) is 21.8 Å². The van der Waals surface area contributed by atoms with Crippen LogP contribution >= 0.6 is 0 Å². The SMILES string of the molecule is C=Cc1cc(CC)nn1C1=NC=CCC1C(F)(F)F. The van der Waals surface area contributed by atoms with Crippen molar-refractivity contribution in [2.24, 2.45) is 10.9 Å². The minimum Gasteiger partial charge on any atom is -0.241 e. The molecule has 19 heavy (non-hydrogen) atoms. The van der Waals surface area contributed by atoms with Gasteiger partial charge in [-0.1, -0.05) is 19.6 Å². The molecule has 1 aliphatic heterocycles. The maximum atomic E-state index is 13.0. The van der Waals surface area contributed by atoms with Crippen LogP contribution in [0, 0.1) is 5.92 Å². The lowest BCUT2D eigenvalue weighted by atomic mass is 10.0. The van der Waals surface area contributed by atoms with Gasteiger partial charge in [0.2, 0.25) is 0 Å². The number of aliphatic imine (C=N–C) groups is 1. The van der Waals surface area contributed by atoms with Crippen molar-refractivity contribution in [3.8, 4) is 0 Å². The molecule has 3 nitrogen and oxygen atoms in total. The zero-order chi connectivity index (χ0) is 14.0. The lowest BCUT2D eigenvalue weighted by Gasteiger charge is -2.23. The second kappa shape index (κ2) is 5.03. The third kappa shape index (κ3) is 2.62. The summed E-state index contributed by atoms with van der Waals surface area (Å²) < 4.78 is 40.3. The maximum Gasteiger partial charge on any atom is 0.399 e. The second-order valence-corrected chi connectivity index (χ2v) is 4.23. The van der Waals surface area contributed by atoms with Crippen molar-refractivity contribution in [2.45, 2.75) is 25.9 Å². The largest absolute Gasteiger partial charge is 0.399 e. The molecule has 1 atom stereocenters. The van der Waals surface area contributed by atoms with Crippen LogP contribution < -0.4 is 0 Å². The Balaban J connectivity index is 2.49. The van der Waals surface area contributed by atoms with E-state index in [1.807, 2.05) is 6.92 Å². The van der Waals surface area contributed by atoms with Gasteiger partial charge < -0.3 is 0 Å². The normalized spacial score (nSPS) is 19.4. The standard InChI is InChI=1S/C13H14F3N3/c1-3-9-8-10(4-2)19(18-9)12-11(13(14,15)16)6-5-7-17-12/h4-5,7-8,11H,2-3,6H2,1H3. The molecule has 1 aliphatic rings. The first-order chi connectivity index (χ1) is 8.97. The monoisotopic (exact) mass is 269 g/mol. The summed E-state index contributed by atoms with van der Waals surface area (Å²) >= 11 is 0. The molecule has 0 fully saturated rings. The van der Waals surface area contributed by atoms with Gasteiger partial charge in [-0.3, -0.25) is 0 Å². The van der Waals surface area contributed by atoms with Crippen LogP contribution in [0.25, 0.3) is 6.08 Å². The van der Waals surface area contributed by atoms with Crippen LogP contribution in [-0.2, 0) is 6.42 Å². The first-order valence-corrected chi connectivity index (χ1v) is 5.98. The van der Waals surface area contributed by atoms with E-state index in [1.54, 1.807) is 6.07 Å². The maximum absolute atomic E-state index is 13.0. The van der Waals surface area contributed by atoms with Crippen LogP contribution in [0.15, 0.2) is 29.9 Å². The molecular formula is C13H14F3N3. The van der Waals surface area contributed by atoms with E-state index in [1.165, 1.54) is 23.0 Å². The molecular weight excluding hydrogens is 255 g/mol. The Bertz CT molecular complexity index is 538. The molecule has 0 saturated heterocycles. The highest BCUT2D eigenvalue weighted by Crippen LogP contribution is 2.33. The molecule has 0 amide bonds. The number of aromatic nitrogens is 2. The summed E-state index contributed by atoms with van der Waals surface area (Å²) in [5.74, 6) is -1.72. The summed E-state index contributed by atoms with van der Waals surface area (Å²) in [6.45, 7) is 5.50. The molecule has 0 radical (unpaired) electrons. The molecule has 1 unspecified atom stereocenters. The highest BCUT2D eigenvalue weighted by atomic mass is 19.4. The zero-order valence-electron chi connectivity index (χ0n) is 10.5. The molecule has 0 aliphatic carbocycles. The van der Waals surface area contributed by atoms with Crippen molar-refractivity contribution in [3.05, 3.63) is 36.3 Å². The summed E-state index contributed by atoms with van der Waals surface area (Å²) in [5.41, 5.74) is 1.24. The highest BCUT2D eigenvalue weighted by molar-refractivity contribution is 5.89. The number of hydrogen-bond acceptors (Lipinski definition) is 2. The molecule has 6 heteroatoms. The lowest BCUT2D eigenvalue weighted by molar-refractivity contribution is -0.155. The predicted molar refractivity (Wildman–Crippen MR) is 67.8 cm³/mol. The third-order valence-corrected chi connectivity index (χ3v) is 2.97. The average molecular weight is 269 g/mol. The Hall–Kier alpha value is -1.85. The smallest absolute Gasteiger partial charge is 0.241 e. The van der Waals surface area contributed by atoms with E-state index in [-0.39, 0.29) is 12.3 Å². The Morgan fingerprint density at radius 2 is 2.26 bits per heavy atom. The first-order valence-electron chi connectivity index (χ1n) is 5.98. The van der Waals surface area contributed by atoms with Gasteiger partial charge in [0.05, 0.1) is 11.4 Å². The van der Waals surface area contributed by atoms with Gasteiger partial charge >= 0.3 is 6.18 Å². The Morgan fingerprint density at radius 3 is 2.84 bits per heavy atom. The van der Waals surface area contributed by atoms with Crippen molar-refractivity contribution in [2.75, 3.05) is 0 Å². The number of aryl methyl sites for hydroxylation is 1. The number of alkyl halides is 3. The minimum atomic E-state index is -4.33. The summed E-state index contributed by atoms with van der Waals surface area (Å²) in [6.07, 6.45) is 0.492. The number of rotatable bonds is 2. The van der Waals surface area contributed by atoms with E-state index in [4.69, 9.17) is 0 Å². The number of halogens is 3. The molecule has 1 aromatic heterocycles. The van der Waals surface area contributed by atoms with Gasteiger partial charge in [0.25, 0.3) is 0 Å². The molecule has 102 valence electrons. The second-order valence-electron chi connectivity index (χ2n) is 4.23. The van der Waals surface area contributed by atoms with Gasteiger partial charge in [-0.05, 0) is 25.0 Å². The fourth-order valence-electron chi connectivity index (χ4n) is 1.95. The minimum absolute atomic E-state index is 0.0930. The first kappa shape index (κ1) is 13.6. The summed E-state index contributed by atoms with van der Waals surface area (Å²) in [5, 5.41) is 4.17. The molecule has 1 aromatic rings. The van der Waals surface area contributed by atoms with Gasteiger partial charge in [0, 0.05) is 6.20 Å². The van der Waals surface area contributed by atoms with E-state index in [0.29, 0.717) is 17.8 Å². The summed E-state index contributed by atoms with van der Waals surface area (Å²) in [7, 11) is 0. The third-order valence-electron chi connectivity index (χ3n) is 2.97. The molecule has 2 heterocycles. The predicted octanol–water partition coefficient (Wildman–Crippen LogP) is 3.43.